The predicted molar refractivity (Wildman–Crippen MR) is 139 cm³/mol. The molecule has 206 valence electrons. The Balaban J connectivity index is 1.76. The van der Waals surface area contributed by atoms with Crippen molar-refractivity contribution in [2.24, 2.45) is 0 Å². The molecule has 12 nitrogen and oxygen atoms in total. The molecule has 0 saturated carbocycles. The minimum absolute atomic E-state index is 0.0851. The van der Waals surface area contributed by atoms with Crippen molar-refractivity contribution in [1.82, 2.24) is 35.6 Å². The Morgan fingerprint density at radius 3 is 2.74 bits per heavy atom. The van der Waals surface area contributed by atoms with E-state index in [1.54, 1.807) is 30.1 Å². The average molecular weight is 528 g/mol. The van der Waals surface area contributed by atoms with Crippen LogP contribution in [0, 0.1) is 6.92 Å². The fourth-order valence-electron chi connectivity index (χ4n) is 4.31. The third-order valence-electron chi connectivity index (χ3n) is 6.42. The van der Waals surface area contributed by atoms with Crippen molar-refractivity contribution in [1.29, 1.82) is 0 Å². The van der Waals surface area contributed by atoms with E-state index in [-0.39, 0.29) is 31.3 Å². The molecule has 2 aromatic rings. The summed E-state index contributed by atoms with van der Waals surface area (Å²) < 4.78 is 1.63. The van der Waals surface area contributed by atoms with Crippen molar-refractivity contribution in [3.05, 3.63) is 47.5 Å². The number of aliphatic hydroxyl groups excluding tert-OH is 1. The van der Waals surface area contributed by atoms with Crippen LogP contribution in [0.1, 0.15) is 54.6 Å². The molecule has 0 spiro atoms. The maximum Gasteiger partial charge on any atom is 0.252 e. The van der Waals surface area contributed by atoms with E-state index in [1.165, 1.54) is 18.2 Å². The largest absolute Gasteiger partial charge is 0.391 e. The number of rotatable bonds is 5. The molecule has 1 aromatic heterocycles. The van der Waals surface area contributed by atoms with Crippen LogP contribution < -0.4 is 16.0 Å². The summed E-state index contributed by atoms with van der Waals surface area (Å²) in [4.78, 5) is 57.0. The van der Waals surface area contributed by atoms with Gasteiger partial charge in [-0.05, 0) is 63.3 Å². The minimum atomic E-state index is -1.19. The number of amides is 4. The number of nitrogens with zero attached hydrogens (tertiary/aromatic N) is 4. The first-order valence-corrected chi connectivity index (χ1v) is 12.9. The van der Waals surface area contributed by atoms with Crippen LogP contribution in [-0.2, 0) is 27.3 Å². The number of aryl methyl sites for hydroxylation is 3. The monoisotopic (exact) mass is 527 g/mol. The normalized spacial score (nSPS) is 20.6. The minimum Gasteiger partial charge on any atom is -0.391 e. The number of nitrogens with one attached hydrogen (secondary N) is 3. The molecule has 1 aromatic carbocycles. The third kappa shape index (κ3) is 8.37. The van der Waals surface area contributed by atoms with Crippen molar-refractivity contribution < 1.29 is 24.3 Å². The molecule has 2 bridgehead atoms. The van der Waals surface area contributed by atoms with E-state index < -0.39 is 30.0 Å². The van der Waals surface area contributed by atoms with Gasteiger partial charge in [0.25, 0.3) is 5.91 Å². The lowest BCUT2D eigenvalue weighted by Gasteiger charge is -2.28. The van der Waals surface area contributed by atoms with Gasteiger partial charge in [-0.3, -0.25) is 23.9 Å². The van der Waals surface area contributed by atoms with Crippen LogP contribution in [0.15, 0.2) is 30.9 Å². The first-order chi connectivity index (χ1) is 18.1. The maximum absolute atomic E-state index is 13.0. The molecule has 3 rings (SSSR count). The zero-order valence-electron chi connectivity index (χ0n) is 22.1. The van der Waals surface area contributed by atoms with E-state index in [9.17, 15) is 24.3 Å². The Bertz CT molecular complexity index is 1120. The quantitative estimate of drug-likeness (QED) is 0.424. The molecule has 0 aliphatic carbocycles. The Morgan fingerprint density at radius 1 is 1.24 bits per heavy atom. The highest BCUT2D eigenvalue weighted by Gasteiger charge is 2.28. The summed E-state index contributed by atoms with van der Waals surface area (Å²) in [6, 6.07) is 3.54. The second-order valence-corrected chi connectivity index (χ2v) is 9.73. The molecule has 4 amide bonds. The number of carbonyl (C=O) groups is 4. The van der Waals surface area contributed by atoms with Crippen molar-refractivity contribution in [3.63, 3.8) is 0 Å². The van der Waals surface area contributed by atoms with Gasteiger partial charge in [0.05, 0.1) is 12.6 Å². The van der Waals surface area contributed by atoms with Crippen LogP contribution >= 0.6 is 0 Å². The number of aromatic nitrogens is 3. The molecule has 12 heteroatoms. The smallest absolute Gasteiger partial charge is 0.252 e. The molecule has 1 aliphatic heterocycles. The molecule has 3 atom stereocenters. The Labute approximate surface area is 222 Å². The molecule has 0 saturated heterocycles. The Morgan fingerprint density at radius 2 is 2.03 bits per heavy atom. The lowest BCUT2D eigenvalue weighted by Crippen LogP contribution is -2.56. The standard InChI is InChI=1S/C26H37N7O5/c1-17-8-9-21-12-20(17)6-4-10-28-22(35)14-32(23(36)7-5-11-33-16-27-15-29-33)13-18(2)30-26(38)24(19(3)34)31-25(21)37/h8-9,12,15-16,18-19,24,34H,4-7,10-11,13-14H2,1-3H3,(H,28,35)(H,30,38)(H,31,37)/t18-,19-,24+/m1/s1. The van der Waals surface area contributed by atoms with Crippen molar-refractivity contribution >= 4 is 23.6 Å². The number of hydrogen-bond acceptors (Lipinski definition) is 7. The van der Waals surface area contributed by atoms with Crippen LogP contribution in [0.5, 0.6) is 0 Å². The van der Waals surface area contributed by atoms with Gasteiger partial charge in [-0.25, -0.2) is 4.98 Å². The Kier molecular flexibility index (Phi) is 10.3. The highest BCUT2D eigenvalue weighted by Crippen LogP contribution is 2.14. The maximum atomic E-state index is 13.0. The fourth-order valence-corrected chi connectivity index (χ4v) is 4.31. The summed E-state index contributed by atoms with van der Waals surface area (Å²) in [5.41, 5.74) is 2.34. The lowest BCUT2D eigenvalue weighted by atomic mass is 10.00. The lowest BCUT2D eigenvalue weighted by molar-refractivity contribution is -0.137. The van der Waals surface area contributed by atoms with Crippen LogP contribution in [0.4, 0.5) is 0 Å². The summed E-state index contributed by atoms with van der Waals surface area (Å²) in [5.74, 6) is -1.57. The van der Waals surface area contributed by atoms with E-state index in [0.29, 0.717) is 37.9 Å². The average Bonchev–Trinajstić information content (AvgIpc) is 3.38. The number of fused-ring (bicyclic) bond motifs is 2. The molecule has 38 heavy (non-hydrogen) atoms. The summed E-state index contributed by atoms with van der Waals surface area (Å²) in [7, 11) is 0. The zero-order chi connectivity index (χ0) is 27.7. The van der Waals surface area contributed by atoms with Gasteiger partial charge >= 0.3 is 0 Å². The summed E-state index contributed by atoms with van der Waals surface area (Å²) in [6.45, 7) is 5.93. The number of hydrogen-bond donors (Lipinski definition) is 4. The molecule has 4 N–H and O–H groups in total. The van der Waals surface area contributed by atoms with Gasteiger partial charge in [0, 0.05) is 37.7 Å². The van der Waals surface area contributed by atoms with Gasteiger partial charge in [-0.2, -0.15) is 5.10 Å². The van der Waals surface area contributed by atoms with Gasteiger partial charge in [-0.15, -0.1) is 0 Å². The van der Waals surface area contributed by atoms with Crippen LogP contribution in [0.3, 0.4) is 0 Å². The van der Waals surface area contributed by atoms with Gasteiger partial charge in [-0.1, -0.05) is 6.07 Å². The van der Waals surface area contributed by atoms with Crippen LogP contribution in [0.25, 0.3) is 0 Å². The third-order valence-corrected chi connectivity index (χ3v) is 6.42. The second kappa shape index (κ2) is 13.7. The second-order valence-electron chi connectivity index (χ2n) is 9.73. The van der Waals surface area contributed by atoms with Crippen molar-refractivity contribution in [3.8, 4) is 0 Å². The summed E-state index contributed by atoms with van der Waals surface area (Å²) in [5, 5.41) is 22.5. The molecule has 0 unspecified atom stereocenters. The predicted octanol–water partition coefficient (Wildman–Crippen LogP) is -0.0582. The van der Waals surface area contributed by atoms with Crippen LogP contribution in [0.2, 0.25) is 0 Å². The van der Waals surface area contributed by atoms with Gasteiger partial charge in [0.1, 0.15) is 18.7 Å². The molecular formula is C26H37N7O5. The highest BCUT2D eigenvalue weighted by atomic mass is 16.3. The fraction of sp³-hybridized carbons (Fsp3) is 0.538. The van der Waals surface area contributed by atoms with E-state index >= 15 is 0 Å². The molecule has 2 heterocycles. The molecular weight excluding hydrogens is 490 g/mol. The van der Waals surface area contributed by atoms with Crippen molar-refractivity contribution in [2.75, 3.05) is 19.6 Å². The highest BCUT2D eigenvalue weighted by molar-refractivity contribution is 5.98. The molecule has 1 aliphatic rings. The van der Waals surface area contributed by atoms with E-state index in [2.05, 4.69) is 26.0 Å². The number of aliphatic hydroxyl groups is 1. The van der Waals surface area contributed by atoms with Crippen LogP contribution in [-0.4, -0.2) is 86.2 Å². The first-order valence-electron chi connectivity index (χ1n) is 12.9. The van der Waals surface area contributed by atoms with E-state index in [1.807, 2.05) is 13.0 Å². The summed E-state index contributed by atoms with van der Waals surface area (Å²) in [6.07, 6.45) is 3.82. The Hall–Kier alpha value is -3.80. The van der Waals surface area contributed by atoms with E-state index in [4.69, 9.17) is 0 Å². The zero-order valence-corrected chi connectivity index (χ0v) is 22.1. The number of benzene rings is 1. The molecule has 0 radical (unpaired) electrons. The van der Waals surface area contributed by atoms with Gasteiger partial charge in [0.15, 0.2) is 0 Å². The van der Waals surface area contributed by atoms with Crippen molar-refractivity contribution in [2.45, 2.75) is 71.2 Å². The van der Waals surface area contributed by atoms with Gasteiger partial charge < -0.3 is 26.0 Å². The molecule has 0 fully saturated rings. The topological polar surface area (TPSA) is 159 Å². The van der Waals surface area contributed by atoms with E-state index in [0.717, 1.165) is 11.1 Å². The first kappa shape index (κ1) is 28.8. The van der Waals surface area contributed by atoms with Gasteiger partial charge in [0.2, 0.25) is 17.7 Å². The SMILES string of the molecule is Cc1ccc2cc1CCCNC(=O)CN(C(=O)CCCn1cncn1)C[C@@H](C)NC(=O)[C@H]([C@@H](C)O)NC2=O. The number of carbonyl (C=O) groups excluding carboxylic acids is 4. The summed E-state index contributed by atoms with van der Waals surface area (Å²) >= 11 is 0.